The summed E-state index contributed by atoms with van der Waals surface area (Å²) in [6, 6.07) is 3.25. The Morgan fingerprint density at radius 1 is 1.57 bits per heavy atom. The molecule has 0 aliphatic carbocycles. The lowest BCUT2D eigenvalue weighted by atomic mass is 10.1. The van der Waals surface area contributed by atoms with Crippen LogP contribution in [0.2, 0.25) is 5.02 Å². The number of carbonyl (C=O) groups is 1. The molecule has 1 rings (SSSR count). The van der Waals surface area contributed by atoms with Crippen molar-refractivity contribution in [2.75, 3.05) is 6.61 Å². The summed E-state index contributed by atoms with van der Waals surface area (Å²) in [5, 5.41) is 0.495. The van der Waals surface area contributed by atoms with Crippen molar-refractivity contribution in [1.29, 1.82) is 0 Å². The smallest absolute Gasteiger partial charge is 0.249 e. The standard InChI is InChI=1S/C10H12ClNO2/c1-3-14-9-5-7(10(12)13)6(2)4-8(9)11/h4-5H,3H2,1-2H3,(H2,12,13). The molecule has 0 unspecified atom stereocenters. The van der Waals surface area contributed by atoms with Crippen LogP contribution in [0.1, 0.15) is 22.8 Å². The van der Waals surface area contributed by atoms with Crippen LogP contribution in [0.15, 0.2) is 12.1 Å². The van der Waals surface area contributed by atoms with Crippen LogP contribution in [0.3, 0.4) is 0 Å². The van der Waals surface area contributed by atoms with Crippen molar-refractivity contribution in [1.82, 2.24) is 0 Å². The fourth-order valence-corrected chi connectivity index (χ4v) is 1.46. The second kappa shape index (κ2) is 4.33. The molecule has 0 bridgehead atoms. The molecule has 76 valence electrons. The van der Waals surface area contributed by atoms with Crippen LogP contribution in [0.25, 0.3) is 0 Å². The summed E-state index contributed by atoms with van der Waals surface area (Å²) in [6.45, 7) is 4.13. The number of hydrogen-bond donors (Lipinski definition) is 1. The summed E-state index contributed by atoms with van der Waals surface area (Å²) < 4.78 is 5.24. The molecule has 0 fully saturated rings. The molecule has 3 nitrogen and oxygen atoms in total. The zero-order valence-corrected chi connectivity index (χ0v) is 8.89. The Labute approximate surface area is 87.8 Å². The molecular formula is C10H12ClNO2. The molecule has 1 aromatic carbocycles. The normalized spacial score (nSPS) is 9.93. The molecule has 0 aliphatic heterocycles. The molecule has 0 saturated carbocycles. The summed E-state index contributed by atoms with van der Waals surface area (Å²) in [6.07, 6.45) is 0. The van der Waals surface area contributed by atoms with Gasteiger partial charge in [-0.15, -0.1) is 0 Å². The van der Waals surface area contributed by atoms with Crippen LogP contribution in [0.4, 0.5) is 0 Å². The van der Waals surface area contributed by atoms with Crippen LogP contribution in [0, 0.1) is 6.92 Å². The third-order valence-corrected chi connectivity index (χ3v) is 2.14. The van der Waals surface area contributed by atoms with Gasteiger partial charge in [0.15, 0.2) is 0 Å². The minimum atomic E-state index is -0.472. The minimum Gasteiger partial charge on any atom is -0.492 e. The van der Waals surface area contributed by atoms with Crippen molar-refractivity contribution in [3.8, 4) is 5.75 Å². The lowest BCUT2D eigenvalue weighted by Crippen LogP contribution is -2.13. The topological polar surface area (TPSA) is 52.3 Å². The third kappa shape index (κ3) is 2.17. The van der Waals surface area contributed by atoms with Gasteiger partial charge in [-0.2, -0.15) is 0 Å². The minimum absolute atomic E-state index is 0.442. The van der Waals surface area contributed by atoms with E-state index in [1.54, 1.807) is 19.1 Å². The largest absolute Gasteiger partial charge is 0.492 e. The quantitative estimate of drug-likeness (QED) is 0.837. The van der Waals surface area contributed by atoms with Crippen LogP contribution in [0.5, 0.6) is 5.75 Å². The second-order valence-electron chi connectivity index (χ2n) is 2.89. The van der Waals surface area contributed by atoms with Gasteiger partial charge in [-0.25, -0.2) is 0 Å². The molecule has 0 aromatic heterocycles. The number of carbonyl (C=O) groups excluding carboxylic acids is 1. The van der Waals surface area contributed by atoms with E-state index < -0.39 is 5.91 Å². The van der Waals surface area contributed by atoms with Gasteiger partial charge in [0.2, 0.25) is 5.91 Å². The highest BCUT2D eigenvalue weighted by atomic mass is 35.5. The first-order chi connectivity index (χ1) is 6.56. The first-order valence-corrected chi connectivity index (χ1v) is 4.66. The summed E-state index contributed by atoms with van der Waals surface area (Å²) in [5.41, 5.74) is 6.39. The summed E-state index contributed by atoms with van der Waals surface area (Å²) in [4.78, 5) is 11.0. The van der Waals surface area contributed by atoms with E-state index in [-0.39, 0.29) is 0 Å². The van der Waals surface area contributed by atoms with E-state index in [1.165, 1.54) is 0 Å². The molecule has 1 amide bonds. The Bertz CT molecular complexity index is 363. The van der Waals surface area contributed by atoms with Gasteiger partial charge in [-0.3, -0.25) is 4.79 Å². The first-order valence-electron chi connectivity index (χ1n) is 4.29. The molecule has 0 saturated heterocycles. The molecule has 0 aliphatic rings. The molecule has 2 N–H and O–H groups in total. The molecule has 0 spiro atoms. The molecule has 1 aromatic rings. The highest BCUT2D eigenvalue weighted by Crippen LogP contribution is 2.27. The van der Waals surface area contributed by atoms with Crippen molar-refractivity contribution in [3.05, 3.63) is 28.3 Å². The Morgan fingerprint density at radius 2 is 2.21 bits per heavy atom. The van der Waals surface area contributed by atoms with Gasteiger partial charge in [0, 0.05) is 5.56 Å². The van der Waals surface area contributed by atoms with E-state index in [0.717, 1.165) is 5.56 Å². The SMILES string of the molecule is CCOc1cc(C(N)=O)c(C)cc1Cl. The average Bonchev–Trinajstić information content (AvgIpc) is 2.09. The molecule has 0 atom stereocenters. The second-order valence-corrected chi connectivity index (χ2v) is 3.30. The van der Waals surface area contributed by atoms with Gasteiger partial charge in [-0.05, 0) is 31.5 Å². The molecule has 0 radical (unpaired) electrons. The zero-order chi connectivity index (χ0) is 10.7. The summed E-state index contributed by atoms with van der Waals surface area (Å²) in [7, 11) is 0. The van der Waals surface area contributed by atoms with Crippen LogP contribution in [-0.4, -0.2) is 12.5 Å². The average molecular weight is 214 g/mol. The molecule has 0 heterocycles. The van der Waals surface area contributed by atoms with Gasteiger partial charge >= 0.3 is 0 Å². The van der Waals surface area contributed by atoms with Crippen molar-refractivity contribution in [2.45, 2.75) is 13.8 Å². The number of rotatable bonds is 3. The maximum absolute atomic E-state index is 11.0. The lowest BCUT2D eigenvalue weighted by molar-refractivity contribution is 0.0999. The number of amides is 1. The monoisotopic (exact) mass is 213 g/mol. The van der Waals surface area contributed by atoms with E-state index in [4.69, 9.17) is 22.1 Å². The number of nitrogens with two attached hydrogens (primary N) is 1. The van der Waals surface area contributed by atoms with E-state index in [9.17, 15) is 4.79 Å². The number of ether oxygens (including phenoxy) is 1. The predicted octanol–water partition coefficient (Wildman–Crippen LogP) is 2.15. The van der Waals surface area contributed by atoms with E-state index >= 15 is 0 Å². The number of primary amides is 1. The highest BCUT2D eigenvalue weighted by molar-refractivity contribution is 6.32. The van der Waals surface area contributed by atoms with Crippen molar-refractivity contribution in [2.24, 2.45) is 5.73 Å². The fraction of sp³-hybridized carbons (Fsp3) is 0.300. The number of hydrogen-bond acceptors (Lipinski definition) is 2. The maximum Gasteiger partial charge on any atom is 0.249 e. The number of halogens is 1. The zero-order valence-electron chi connectivity index (χ0n) is 8.13. The highest BCUT2D eigenvalue weighted by Gasteiger charge is 2.10. The summed E-state index contributed by atoms with van der Waals surface area (Å²) >= 11 is 5.91. The van der Waals surface area contributed by atoms with Gasteiger partial charge in [0.05, 0.1) is 11.6 Å². The van der Waals surface area contributed by atoms with Crippen molar-refractivity contribution in [3.63, 3.8) is 0 Å². The van der Waals surface area contributed by atoms with Crippen LogP contribution >= 0.6 is 11.6 Å². The first kappa shape index (κ1) is 10.9. The Kier molecular flexibility index (Phi) is 3.36. The summed E-state index contributed by atoms with van der Waals surface area (Å²) in [5.74, 6) is 0.0219. The Morgan fingerprint density at radius 3 is 2.71 bits per heavy atom. The molecule has 4 heteroatoms. The third-order valence-electron chi connectivity index (χ3n) is 1.84. The Hall–Kier alpha value is -1.22. The van der Waals surface area contributed by atoms with Crippen LogP contribution < -0.4 is 10.5 Å². The van der Waals surface area contributed by atoms with Gasteiger partial charge in [0.1, 0.15) is 5.75 Å². The Balaban J connectivity index is 3.20. The van der Waals surface area contributed by atoms with E-state index in [2.05, 4.69) is 0 Å². The van der Waals surface area contributed by atoms with Gasteiger partial charge in [-0.1, -0.05) is 11.6 Å². The van der Waals surface area contributed by atoms with Gasteiger partial charge in [0.25, 0.3) is 0 Å². The fourth-order valence-electron chi connectivity index (χ4n) is 1.18. The van der Waals surface area contributed by atoms with E-state index in [1.807, 2.05) is 6.92 Å². The predicted molar refractivity (Wildman–Crippen MR) is 55.9 cm³/mol. The molecule has 14 heavy (non-hydrogen) atoms. The maximum atomic E-state index is 11.0. The number of aryl methyl sites for hydroxylation is 1. The lowest BCUT2D eigenvalue weighted by Gasteiger charge is -2.09. The number of benzene rings is 1. The molecular weight excluding hydrogens is 202 g/mol. The van der Waals surface area contributed by atoms with Gasteiger partial charge < -0.3 is 10.5 Å². The van der Waals surface area contributed by atoms with Crippen molar-refractivity contribution >= 4 is 17.5 Å². The van der Waals surface area contributed by atoms with Crippen molar-refractivity contribution < 1.29 is 9.53 Å². The van der Waals surface area contributed by atoms with E-state index in [0.29, 0.717) is 22.9 Å². The van der Waals surface area contributed by atoms with Crippen LogP contribution in [-0.2, 0) is 0 Å².